The van der Waals surface area contributed by atoms with E-state index in [4.69, 9.17) is 5.10 Å². The Labute approximate surface area is 165 Å². The molecule has 0 spiro atoms. The summed E-state index contributed by atoms with van der Waals surface area (Å²) in [6, 6.07) is 17.5. The van der Waals surface area contributed by atoms with Crippen molar-refractivity contribution >= 4 is 0 Å². The molecule has 1 heterocycles. The second-order valence-corrected chi connectivity index (χ2v) is 7.57. The molecule has 2 atom stereocenters. The fraction of sp³-hybridized carbons (Fsp3) is 0.292. The number of allylic oxidation sites excluding steroid dienone is 1. The van der Waals surface area contributed by atoms with Gasteiger partial charge in [0.1, 0.15) is 5.82 Å². The third kappa shape index (κ3) is 4.07. The molecule has 2 aromatic carbocycles. The summed E-state index contributed by atoms with van der Waals surface area (Å²) in [5.41, 5.74) is 6.07. The fourth-order valence-electron chi connectivity index (χ4n) is 4.07. The predicted octanol–water partition coefficient (Wildman–Crippen LogP) is 4.89. The van der Waals surface area contributed by atoms with E-state index in [1.807, 2.05) is 18.2 Å². The van der Waals surface area contributed by atoms with Crippen LogP contribution in [0.15, 0.2) is 66.7 Å². The van der Waals surface area contributed by atoms with Crippen molar-refractivity contribution < 1.29 is 4.39 Å². The summed E-state index contributed by atoms with van der Waals surface area (Å²) in [5.74, 6) is 0.193. The summed E-state index contributed by atoms with van der Waals surface area (Å²) in [5, 5.41) is 8.37. The molecule has 0 bridgehead atoms. The number of nitrogens with zero attached hydrogens (tertiary/aromatic N) is 2. The highest BCUT2D eigenvalue weighted by atomic mass is 19.1. The second-order valence-electron chi connectivity index (χ2n) is 7.57. The van der Waals surface area contributed by atoms with Crippen LogP contribution < -0.4 is 5.32 Å². The molecule has 0 fully saturated rings. The SMILES string of the molecule is Cc1nn(Cc2ccccc2)c(C)c1C1C=CC(NCc2ccc(F)cc2)C1. The minimum atomic E-state index is -0.192. The van der Waals surface area contributed by atoms with Gasteiger partial charge in [0.05, 0.1) is 12.2 Å². The van der Waals surface area contributed by atoms with Gasteiger partial charge in [-0.25, -0.2) is 4.39 Å². The van der Waals surface area contributed by atoms with Crippen LogP contribution in [0.3, 0.4) is 0 Å². The predicted molar refractivity (Wildman–Crippen MR) is 111 cm³/mol. The minimum Gasteiger partial charge on any atom is -0.306 e. The number of benzene rings is 2. The number of rotatable bonds is 6. The fourth-order valence-corrected chi connectivity index (χ4v) is 4.07. The molecule has 2 unspecified atom stereocenters. The first kappa shape index (κ1) is 18.6. The van der Waals surface area contributed by atoms with Crippen LogP contribution in [0.5, 0.6) is 0 Å². The van der Waals surface area contributed by atoms with Crippen LogP contribution in [0.25, 0.3) is 0 Å². The van der Waals surface area contributed by atoms with Gasteiger partial charge in [-0.3, -0.25) is 4.68 Å². The lowest BCUT2D eigenvalue weighted by Crippen LogP contribution is -2.25. The van der Waals surface area contributed by atoms with Gasteiger partial charge in [-0.15, -0.1) is 0 Å². The molecule has 28 heavy (non-hydrogen) atoms. The molecule has 3 aromatic rings. The monoisotopic (exact) mass is 375 g/mol. The quantitative estimate of drug-likeness (QED) is 0.622. The van der Waals surface area contributed by atoms with Crippen molar-refractivity contribution in [1.82, 2.24) is 15.1 Å². The first-order chi connectivity index (χ1) is 13.6. The van der Waals surface area contributed by atoms with Gasteiger partial charge in [0.25, 0.3) is 0 Å². The average Bonchev–Trinajstić information content (AvgIpc) is 3.26. The van der Waals surface area contributed by atoms with Crippen LogP contribution in [0.2, 0.25) is 0 Å². The van der Waals surface area contributed by atoms with E-state index in [0.29, 0.717) is 12.0 Å². The molecular weight excluding hydrogens is 349 g/mol. The van der Waals surface area contributed by atoms with E-state index < -0.39 is 0 Å². The van der Waals surface area contributed by atoms with Crippen LogP contribution in [-0.2, 0) is 13.1 Å². The van der Waals surface area contributed by atoms with Crippen LogP contribution in [0.1, 0.15) is 40.4 Å². The van der Waals surface area contributed by atoms with Gasteiger partial charge in [0.15, 0.2) is 0 Å². The van der Waals surface area contributed by atoms with Crippen LogP contribution in [0, 0.1) is 19.7 Å². The largest absolute Gasteiger partial charge is 0.306 e. The summed E-state index contributed by atoms with van der Waals surface area (Å²) in [4.78, 5) is 0. The maximum absolute atomic E-state index is 13.0. The molecule has 144 valence electrons. The molecule has 0 saturated heterocycles. The van der Waals surface area contributed by atoms with Crippen molar-refractivity contribution in [2.75, 3.05) is 0 Å². The third-order valence-corrected chi connectivity index (χ3v) is 5.55. The number of hydrogen-bond acceptors (Lipinski definition) is 2. The molecule has 1 aliphatic rings. The van der Waals surface area contributed by atoms with Crippen LogP contribution >= 0.6 is 0 Å². The van der Waals surface area contributed by atoms with E-state index in [1.54, 1.807) is 0 Å². The Morgan fingerprint density at radius 1 is 1.00 bits per heavy atom. The van der Waals surface area contributed by atoms with Gasteiger partial charge >= 0.3 is 0 Å². The zero-order valence-electron chi connectivity index (χ0n) is 16.4. The van der Waals surface area contributed by atoms with Crippen molar-refractivity contribution in [3.05, 3.63) is 101 Å². The van der Waals surface area contributed by atoms with Crippen molar-refractivity contribution in [1.29, 1.82) is 0 Å². The number of halogens is 1. The summed E-state index contributed by atoms with van der Waals surface area (Å²) in [7, 11) is 0. The molecule has 0 aliphatic heterocycles. The number of aryl methyl sites for hydroxylation is 1. The topological polar surface area (TPSA) is 29.9 Å². The Kier molecular flexibility index (Phi) is 5.40. The molecule has 1 aromatic heterocycles. The summed E-state index contributed by atoms with van der Waals surface area (Å²) < 4.78 is 15.2. The highest BCUT2D eigenvalue weighted by molar-refractivity contribution is 5.35. The number of hydrogen-bond donors (Lipinski definition) is 1. The Bertz CT molecular complexity index is 958. The lowest BCUT2D eigenvalue weighted by Gasteiger charge is -2.15. The molecule has 1 N–H and O–H groups in total. The first-order valence-corrected chi connectivity index (χ1v) is 9.84. The maximum atomic E-state index is 13.0. The van der Waals surface area contributed by atoms with E-state index in [2.05, 4.69) is 60.3 Å². The third-order valence-electron chi connectivity index (χ3n) is 5.55. The zero-order valence-corrected chi connectivity index (χ0v) is 16.4. The summed E-state index contributed by atoms with van der Waals surface area (Å²) in [6.45, 7) is 5.83. The van der Waals surface area contributed by atoms with Gasteiger partial charge < -0.3 is 5.32 Å². The minimum absolute atomic E-state index is 0.192. The van der Waals surface area contributed by atoms with Crippen molar-refractivity contribution in [3.8, 4) is 0 Å². The van der Waals surface area contributed by atoms with Gasteiger partial charge in [-0.2, -0.15) is 5.10 Å². The maximum Gasteiger partial charge on any atom is 0.123 e. The summed E-state index contributed by atoms with van der Waals surface area (Å²) in [6.07, 6.45) is 5.58. The zero-order chi connectivity index (χ0) is 19.5. The normalized spacial score (nSPS) is 18.7. The van der Waals surface area contributed by atoms with Gasteiger partial charge in [0.2, 0.25) is 0 Å². The Morgan fingerprint density at radius 3 is 2.50 bits per heavy atom. The smallest absolute Gasteiger partial charge is 0.123 e. The Hall–Kier alpha value is -2.72. The van der Waals surface area contributed by atoms with Crippen LogP contribution in [-0.4, -0.2) is 15.8 Å². The highest BCUT2D eigenvalue weighted by Gasteiger charge is 2.25. The van der Waals surface area contributed by atoms with Crippen molar-refractivity contribution in [2.24, 2.45) is 0 Å². The molecule has 0 radical (unpaired) electrons. The second kappa shape index (κ2) is 8.11. The van der Waals surface area contributed by atoms with Crippen molar-refractivity contribution in [2.45, 2.75) is 45.3 Å². The molecule has 1 aliphatic carbocycles. The number of aromatic nitrogens is 2. The van der Waals surface area contributed by atoms with Gasteiger partial charge in [0, 0.05) is 29.8 Å². The van der Waals surface area contributed by atoms with E-state index in [0.717, 1.165) is 30.8 Å². The molecular formula is C24H26FN3. The average molecular weight is 375 g/mol. The standard InChI is InChI=1S/C24H26FN3/c1-17-24(18(2)28(27-17)16-20-6-4-3-5-7-20)21-10-13-23(14-21)26-15-19-8-11-22(25)12-9-19/h3-13,21,23,26H,14-16H2,1-2H3. The molecule has 3 nitrogen and oxygen atoms in total. The first-order valence-electron chi connectivity index (χ1n) is 9.84. The molecule has 0 saturated carbocycles. The van der Waals surface area contributed by atoms with Crippen molar-refractivity contribution in [3.63, 3.8) is 0 Å². The molecule has 4 rings (SSSR count). The van der Waals surface area contributed by atoms with E-state index in [-0.39, 0.29) is 5.82 Å². The highest BCUT2D eigenvalue weighted by Crippen LogP contribution is 2.33. The lowest BCUT2D eigenvalue weighted by atomic mass is 9.96. The molecule has 4 heteroatoms. The van der Waals surface area contributed by atoms with E-state index in [9.17, 15) is 4.39 Å². The molecule has 0 amide bonds. The summed E-state index contributed by atoms with van der Waals surface area (Å²) >= 11 is 0. The Balaban J connectivity index is 1.41. The van der Waals surface area contributed by atoms with Gasteiger partial charge in [-0.05, 0) is 43.5 Å². The van der Waals surface area contributed by atoms with Gasteiger partial charge in [-0.1, -0.05) is 54.6 Å². The van der Waals surface area contributed by atoms with E-state index >= 15 is 0 Å². The lowest BCUT2D eigenvalue weighted by molar-refractivity contribution is 0.557. The Morgan fingerprint density at radius 2 is 1.75 bits per heavy atom. The van der Waals surface area contributed by atoms with Crippen LogP contribution in [0.4, 0.5) is 4.39 Å². The van der Waals surface area contributed by atoms with E-state index in [1.165, 1.54) is 29.0 Å². The number of nitrogens with one attached hydrogen (secondary N) is 1.